The van der Waals surface area contributed by atoms with E-state index in [0.717, 1.165) is 28.1 Å². The summed E-state index contributed by atoms with van der Waals surface area (Å²) in [5, 5.41) is 5.94. The van der Waals surface area contributed by atoms with Crippen molar-refractivity contribution in [3.8, 4) is 11.4 Å². The van der Waals surface area contributed by atoms with Crippen molar-refractivity contribution in [2.75, 3.05) is 5.32 Å². The Morgan fingerprint density at radius 2 is 1.57 bits per heavy atom. The first-order valence-electron chi connectivity index (χ1n) is 8.41. The normalized spacial score (nSPS) is 10.1. The van der Waals surface area contributed by atoms with E-state index in [0.29, 0.717) is 5.56 Å². The van der Waals surface area contributed by atoms with E-state index in [1.54, 1.807) is 12.1 Å². The van der Waals surface area contributed by atoms with Crippen LogP contribution < -0.4 is 10.6 Å². The number of rotatable bonds is 3. The zero-order valence-electron chi connectivity index (χ0n) is 14.8. The van der Waals surface area contributed by atoms with Crippen LogP contribution >= 0.6 is 12.2 Å². The molecule has 0 spiro atoms. The van der Waals surface area contributed by atoms with E-state index in [1.807, 2.05) is 66.7 Å². The molecule has 0 bridgehead atoms. The summed E-state index contributed by atoms with van der Waals surface area (Å²) in [5.74, 6) is 0.565. The Labute approximate surface area is 166 Å². The zero-order valence-corrected chi connectivity index (χ0v) is 15.6. The van der Waals surface area contributed by atoms with Crippen molar-refractivity contribution in [1.29, 1.82) is 0 Å². The van der Waals surface area contributed by atoms with Crippen molar-refractivity contribution in [3.05, 3.63) is 84.4 Å². The van der Waals surface area contributed by atoms with Gasteiger partial charge < -0.3 is 15.8 Å². The van der Waals surface area contributed by atoms with Crippen LogP contribution in [0.1, 0.15) is 10.4 Å². The van der Waals surface area contributed by atoms with Crippen molar-refractivity contribution in [2.24, 2.45) is 0 Å². The minimum Gasteiger partial charge on any atom is -0.412 e. The second-order valence-corrected chi connectivity index (χ2v) is 6.36. The number of benzene rings is 3. The van der Waals surface area contributed by atoms with Crippen LogP contribution in [0.5, 0.6) is 0 Å². The first-order chi connectivity index (χ1) is 13.2. The fraction of sp³-hybridized carbons (Fsp3) is 0. The predicted octanol–water partition coefficient (Wildman–Crippen LogP) is 3.53. The molecule has 0 aliphatic rings. The molecule has 0 unspecified atom stereocenters. The van der Waals surface area contributed by atoms with Gasteiger partial charge in [-0.25, -0.2) is 4.98 Å². The highest BCUT2D eigenvalue weighted by Crippen LogP contribution is 2.22. The number of nitrogens with one attached hydrogen (secondary N) is 3. The largest absolute Gasteiger partial charge is 0.412 e. The molecule has 0 fully saturated rings. The molecule has 1 aromatic heterocycles. The Balaban J connectivity index is 0.00000225. The van der Waals surface area contributed by atoms with Crippen molar-refractivity contribution in [1.82, 2.24) is 15.3 Å². The molecule has 1 heterocycles. The average Bonchev–Trinajstić information content (AvgIpc) is 3.13. The van der Waals surface area contributed by atoms with Gasteiger partial charge in [-0.2, -0.15) is 0 Å². The Hall–Kier alpha value is -3.55. The van der Waals surface area contributed by atoms with Crippen LogP contribution in [0.25, 0.3) is 22.4 Å². The minimum absolute atomic E-state index is 0. The summed E-state index contributed by atoms with van der Waals surface area (Å²) in [6.45, 7) is 0. The Bertz CT molecular complexity index is 1080. The van der Waals surface area contributed by atoms with Gasteiger partial charge in [-0.1, -0.05) is 30.3 Å². The zero-order chi connectivity index (χ0) is 18.6. The fourth-order valence-electron chi connectivity index (χ4n) is 2.73. The van der Waals surface area contributed by atoms with Crippen LogP contribution in [-0.2, 0) is 0 Å². The predicted molar refractivity (Wildman–Crippen MR) is 115 cm³/mol. The highest BCUT2D eigenvalue weighted by atomic mass is 32.1. The quantitative estimate of drug-likeness (QED) is 0.466. The number of amides is 1. The summed E-state index contributed by atoms with van der Waals surface area (Å²) in [6.07, 6.45) is 0. The second kappa shape index (κ2) is 8.43. The molecule has 0 aliphatic heterocycles. The molecular weight excluding hydrogens is 372 g/mol. The van der Waals surface area contributed by atoms with E-state index in [1.165, 1.54) is 0 Å². The van der Waals surface area contributed by atoms with Gasteiger partial charge in [0.15, 0.2) is 5.11 Å². The average molecular weight is 390 g/mol. The maximum atomic E-state index is 12.1. The number of hydrogen-bond acceptors (Lipinski definition) is 3. The third kappa shape index (κ3) is 4.22. The number of nitrogens with zero attached hydrogens (tertiary/aromatic N) is 1. The summed E-state index contributed by atoms with van der Waals surface area (Å²) < 4.78 is 0. The smallest absolute Gasteiger partial charge is 0.257 e. The van der Waals surface area contributed by atoms with Crippen LogP contribution in [-0.4, -0.2) is 26.5 Å². The molecule has 0 saturated heterocycles. The molecule has 0 saturated carbocycles. The van der Waals surface area contributed by atoms with Crippen LogP contribution in [0.4, 0.5) is 5.69 Å². The number of carbonyl (C=O) groups excluding carboxylic acids is 1. The van der Waals surface area contributed by atoms with Gasteiger partial charge in [0.1, 0.15) is 5.82 Å². The first-order valence-corrected chi connectivity index (χ1v) is 8.82. The molecule has 0 radical (unpaired) electrons. The highest BCUT2D eigenvalue weighted by Gasteiger charge is 2.08. The standard InChI is InChI=1S/C21H16N4OS.H2O/c26-20(15-6-2-1-3-7-15)25-21(27)22-16-12-10-14(11-13-16)19-23-17-8-4-5-9-18(17)24-19;/h1-13H,(H,23,24)(H2,22,25,26,27);1H2. The lowest BCUT2D eigenvalue weighted by Crippen LogP contribution is -2.34. The summed E-state index contributed by atoms with van der Waals surface area (Å²) in [4.78, 5) is 20.0. The summed E-state index contributed by atoms with van der Waals surface area (Å²) >= 11 is 5.22. The molecule has 5 N–H and O–H groups in total. The molecule has 28 heavy (non-hydrogen) atoms. The number of anilines is 1. The van der Waals surface area contributed by atoms with Gasteiger partial charge in [0.05, 0.1) is 11.0 Å². The monoisotopic (exact) mass is 390 g/mol. The molecule has 4 aromatic rings. The van der Waals surface area contributed by atoms with Gasteiger partial charge >= 0.3 is 0 Å². The van der Waals surface area contributed by atoms with Crippen LogP contribution in [0, 0.1) is 0 Å². The molecule has 6 nitrogen and oxygen atoms in total. The lowest BCUT2D eigenvalue weighted by molar-refractivity contribution is 0.0977. The Kier molecular flexibility index (Phi) is 5.78. The lowest BCUT2D eigenvalue weighted by atomic mass is 10.2. The number of aromatic nitrogens is 2. The number of hydrogen-bond donors (Lipinski definition) is 3. The maximum absolute atomic E-state index is 12.1. The van der Waals surface area contributed by atoms with E-state index in [2.05, 4.69) is 20.6 Å². The molecule has 3 aromatic carbocycles. The maximum Gasteiger partial charge on any atom is 0.257 e. The fourth-order valence-corrected chi connectivity index (χ4v) is 2.94. The third-order valence-corrected chi connectivity index (χ3v) is 4.27. The summed E-state index contributed by atoms with van der Waals surface area (Å²) in [5.41, 5.74) is 4.24. The van der Waals surface area contributed by atoms with Crippen LogP contribution in [0.3, 0.4) is 0 Å². The van der Waals surface area contributed by atoms with Crippen molar-refractivity contribution in [3.63, 3.8) is 0 Å². The SMILES string of the molecule is O.O=C(NC(=S)Nc1ccc(-c2nc3ccccc3[nH]2)cc1)c1ccccc1. The van der Waals surface area contributed by atoms with Gasteiger partial charge in [-0.15, -0.1) is 0 Å². The van der Waals surface area contributed by atoms with E-state index in [9.17, 15) is 4.79 Å². The number of para-hydroxylation sites is 2. The Morgan fingerprint density at radius 1 is 0.893 bits per heavy atom. The molecular formula is C21H18N4O2S. The summed E-state index contributed by atoms with van der Waals surface area (Å²) in [7, 11) is 0. The van der Waals surface area contributed by atoms with Crippen LogP contribution in [0.2, 0.25) is 0 Å². The lowest BCUT2D eigenvalue weighted by Gasteiger charge is -2.10. The van der Waals surface area contributed by atoms with E-state index < -0.39 is 0 Å². The van der Waals surface area contributed by atoms with Gasteiger partial charge in [-0.3, -0.25) is 10.1 Å². The minimum atomic E-state index is -0.244. The topological polar surface area (TPSA) is 101 Å². The number of thiocarbonyl (C=S) groups is 1. The van der Waals surface area contributed by atoms with Crippen molar-refractivity contribution < 1.29 is 10.3 Å². The third-order valence-electron chi connectivity index (χ3n) is 4.07. The number of imidazole rings is 1. The highest BCUT2D eigenvalue weighted by molar-refractivity contribution is 7.80. The molecule has 0 atom stereocenters. The first kappa shape index (κ1) is 19.2. The van der Waals surface area contributed by atoms with Gasteiger partial charge in [0, 0.05) is 16.8 Å². The van der Waals surface area contributed by atoms with Gasteiger partial charge in [0.25, 0.3) is 5.91 Å². The Morgan fingerprint density at radius 3 is 2.29 bits per heavy atom. The molecule has 4 rings (SSSR count). The molecule has 7 heteroatoms. The second-order valence-electron chi connectivity index (χ2n) is 5.95. The van der Waals surface area contributed by atoms with Gasteiger partial charge in [-0.05, 0) is 60.7 Å². The summed E-state index contributed by atoms with van der Waals surface area (Å²) in [6, 6.07) is 24.5. The number of aromatic amines is 1. The molecule has 140 valence electrons. The van der Waals surface area contributed by atoms with Crippen molar-refractivity contribution in [2.45, 2.75) is 0 Å². The van der Waals surface area contributed by atoms with E-state index in [4.69, 9.17) is 12.2 Å². The number of carbonyl (C=O) groups is 1. The van der Waals surface area contributed by atoms with Crippen molar-refractivity contribution >= 4 is 40.0 Å². The van der Waals surface area contributed by atoms with Gasteiger partial charge in [0.2, 0.25) is 0 Å². The van der Waals surface area contributed by atoms with Crippen LogP contribution in [0.15, 0.2) is 78.9 Å². The molecule has 0 aliphatic carbocycles. The number of fused-ring (bicyclic) bond motifs is 1. The van der Waals surface area contributed by atoms with E-state index >= 15 is 0 Å². The number of H-pyrrole nitrogens is 1. The van der Waals surface area contributed by atoms with E-state index in [-0.39, 0.29) is 16.5 Å². The molecule has 1 amide bonds.